The van der Waals surface area contributed by atoms with Crippen LogP contribution < -0.4 is 5.56 Å². The first-order valence-electron chi connectivity index (χ1n) is 8.92. The minimum atomic E-state index is -0.0548. The molecule has 28 heavy (non-hydrogen) atoms. The second-order valence-electron chi connectivity index (χ2n) is 6.35. The number of aromatic nitrogens is 4. The summed E-state index contributed by atoms with van der Waals surface area (Å²) in [4.78, 5) is 13.0. The molecule has 0 saturated heterocycles. The molecule has 0 bridgehead atoms. The molecule has 6 nitrogen and oxygen atoms in total. The summed E-state index contributed by atoms with van der Waals surface area (Å²) < 4.78 is 8.78. The fraction of sp³-hybridized carbons (Fsp3) is 0.250. The van der Waals surface area contributed by atoms with E-state index in [4.69, 9.17) is 16.3 Å². The number of hydrogen-bond acceptors (Lipinski definition) is 5. The fourth-order valence-electron chi connectivity index (χ4n) is 3.12. The van der Waals surface area contributed by atoms with Crippen molar-refractivity contribution in [1.82, 2.24) is 19.2 Å². The largest absolute Gasteiger partial charge is 0.385 e. The van der Waals surface area contributed by atoms with Gasteiger partial charge >= 0.3 is 0 Å². The predicted molar refractivity (Wildman–Crippen MR) is 112 cm³/mol. The Labute approximate surface area is 171 Å². The van der Waals surface area contributed by atoms with Crippen LogP contribution in [-0.4, -0.2) is 32.9 Å². The highest BCUT2D eigenvalue weighted by Crippen LogP contribution is 2.25. The van der Waals surface area contributed by atoms with Crippen molar-refractivity contribution >= 4 is 40.0 Å². The van der Waals surface area contributed by atoms with Crippen LogP contribution in [0.2, 0.25) is 5.02 Å². The van der Waals surface area contributed by atoms with E-state index in [9.17, 15) is 4.79 Å². The summed E-state index contributed by atoms with van der Waals surface area (Å²) in [6.07, 6.45) is 0.727. The highest BCUT2D eigenvalue weighted by molar-refractivity contribution is 7.98. The van der Waals surface area contributed by atoms with Crippen molar-refractivity contribution in [2.75, 3.05) is 13.7 Å². The van der Waals surface area contributed by atoms with Gasteiger partial charge in [0.05, 0.1) is 10.9 Å². The van der Waals surface area contributed by atoms with Crippen LogP contribution >= 0.6 is 23.4 Å². The number of aryl methyl sites for hydroxylation is 1. The van der Waals surface area contributed by atoms with Crippen LogP contribution in [0.3, 0.4) is 0 Å². The minimum absolute atomic E-state index is 0.0548. The van der Waals surface area contributed by atoms with E-state index in [-0.39, 0.29) is 5.56 Å². The summed E-state index contributed by atoms with van der Waals surface area (Å²) in [5.74, 6) is 1.29. The van der Waals surface area contributed by atoms with Crippen molar-refractivity contribution in [3.05, 3.63) is 69.5 Å². The molecule has 0 aliphatic heterocycles. The smallest absolute Gasteiger partial charge is 0.262 e. The van der Waals surface area contributed by atoms with Crippen LogP contribution in [0.1, 0.15) is 12.0 Å². The third-order valence-electron chi connectivity index (χ3n) is 4.49. The highest BCUT2D eigenvalue weighted by atomic mass is 35.5. The van der Waals surface area contributed by atoms with E-state index in [0.29, 0.717) is 29.3 Å². The SMILES string of the molecule is COCCCn1c(=O)c2ccccc2n2c(SCc3ccc(Cl)cc3)nnc12. The molecule has 2 aromatic carbocycles. The molecule has 0 spiro atoms. The molecular weight excluding hydrogens is 396 g/mol. The zero-order valence-corrected chi connectivity index (χ0v) is 16.9. The average Bonchev–Trinajstić information content (AvgIpc) is 3.14. The molecule has 0 saturated carbocycles. The van der Waals surface area contributed by atoms with Crippen LogP contribution in [0.5, 0.6) is 0 Å². The number of thioether (sulfide) groups is 1. The molecule has 2 heterocycles. The van der Waals surface area contributed by atoms with Gasteiger partial charge in [-0.25, -0.2) is 0 Å². The molecule has 144 valence electrons. The van der Waals surface area contributed by atoms with Crippen molar-refractivity contribution in [2.24, 2.45) is 0 Å². The molecule has 2 aromatic heterocycles. The molecule has 4 rings (SSSR count). The van der Waals surface area contributed by atoms with Gasteiger partial charge in [-0.2, -0.15) is 0 Å². The van der Waals surface area contributed by atoms with E-state index < -0.39 is 0 Å². The Kier molecular flexibility index (Phi) is 5.66. The quantitative estimate of drug-likeness (QED) is 0.337. The van der Waals surface area contributed by atoms with Gasteiger partial charge in [-0.15, -0.1) is 10.2 Å². The third kappa shape index (κ3) is 3.65. The molecule has 0 unspecified atom stereocenters. The third-order valence-corrected chi connectivity index (χ3v) is 5.74. The second kappa shape index (κ2) is 8.34. The molecule has 0 aliphatic carbocycles. The van der Waals surface area contributed by atoms with E-state index in [2.05, 4.69) is 10.2 Å². The molecule has 4 aromatic rings. The maximum absolute atomic E-state index is 13.0. The standard InChI is InChI=1S/C20H19ClN4O2S/c1-27-12-4-11-24-18(26)16-5-2-3-6-17(16)25-19(24)22-23-20(25)28-13-14-7-9-15(21)10-8-14/h2-3,5-10H,4,11-13H2,1H3. The number of para-hydroxylation sites is 1. The van der Waals surface area contributed by atoms with E-state index >= 15 is 0 Å². The Morgan fingerprint density at radius 3 is 2.68 bits per heavy atom. The molecule has 0 fully saturated rings. The van der Waals surface area contributed by atoms with Crippen molar-refractivity contribution in [3.8, 4) is 0 Å². The van der Waals surface area contributed by atoms with Crippen molar-refractivity contribution in [3.63, 3.8) is 0 Å². The van der Waals surface area contributed by atoms with Crippen LogP contribution in [-0.2, 0) is 17.0 Å². The Morgan fingerprint density at radius 1 is 1.11 bits per heavy atom. The Hall–Kier alpha value is -2.35. The predicted octanol–water partition coefficient (Wildman–Crippen LogP) is 4.03. The zero-order chi connectivity index (χ0) is 19.5. The zero-order valence-electron chi connectivity index (χ0n) is 15.3. The number of methoxy groups -OCH3 is 1. The van der Waals surface area contributed by atoms with E-state index in [1.54, 1.807) is 23.4 Å². The monoisotopic (exact) mass is 414 g/mol. The van der Waals surface area contributed by atoms with Gasteiger partial charge in [-0.1, -0.05) is 47.6 Å². The lowest BCUT2D eigenvalue weighted by atomic mass is 10.2. The number of rotatable bonds is 7. The van der Waals surface area contributed by atoms with Gasteiger partial charge < -0.3 is 4.74 Å². The summed E-state index contributed by atoms with van der Waals surface area (Å²) in [5.41, 5.74) is 1.90. The Bertz CT molecular complexity index is 1170. The van der Waals surface area contributed by atoms with Gasteiger partial charge in [0.25, 0.3) is 5.56 Å². The van der Waals surface area contributed by atoms with Gasteiger partial charge in [0.15, 0.2) is 5.16 Å². The summed E-state index contributed by atoms with van der Waals surface area (Å²) in [5, 5.41) is 10.8. The first-order valence-corrected chi connectivity index (χ1v) is 10.3. The summed E-state index contributed by atoms with van der Waals surface area (Å²) in [6.45, 7) is 1.11. The molecule has 0 radical (unpaired) electrons. The highest BCUT2D eigenvalue weighted by Gasteiger charge is 2.16. The van der Waals surface area contributed by atoms with Crippen molar-refractivity contribution in [2.45, 2.75) is 23.9 Å². The summed E-state index contributed by atoms with van der Waals surface area (Å²) in [6, 6.07) is 15.3. The van der Waals surface area contributed by atoms with Gasteiger partial charge in [-0.05, 0) is 36.2 Å². The lowest BCUT2D eigenvalue weighted by Crippen LogP contribution is -2.24. The van der Waals surface area contributed by atoms with E-state index in [0.717, 1.165) is 28.4 Å². The van der Waals surface area contributed by atoms with Gasteiger partial charge in [0.2, 0.25) is 5.78 Å². The van der Waals surface area contributed by atoms with Gasteiger partial charge in [0, 0.05) is 31.0 Å². The van der Waals surface area contributed by atoms with Gasteiger partial charge in [-0.3, -0.25) is 13.8 Å². The van der Waals surface area contributed by atoms with Crippen molar-refractivity contribution in [1.29, 1.82) is 0 Å². The van der Waals surface area contributed by atoms with Crippen LogP contribution in [0.15, 0.2) is 58.5 Å². The van der Waals surface area contributed by atoms with E-state index in [1.807, 2.05) is 52.9 Å². The summed E-state index contributed by atoms with van der Waals surface area (Å²) >= 11 is 7.54. The molecule has 0 amide bonds. The normalized spacial score (nSPS) is 11.5. The lowest BCUT2D eigenvalue weighted by molar-refractivity contribution is 0.190. The van der Waals surface area contributed by atoms with Crippen LogP contribution in [0.25, 0.3) is 16.7 Å². The molecule has 0 aliphatic rings. The Balaban J connectivity index is 1.77. The maximum Gasteiger partial charge on any atom is 0.262 e. The van der Waals surface area contributed by atoms with Crippen LogP contribution in [0, 0.1) is 0 Å². The molecule has 0 N–H and O–H groups in total. The van der Waals surface area contributed by atoms with Crippen molar-refractivity contribution < 1.29 is 4.74 Å². The summed E-state index contributed by atoms with van der Waals surface area (Å²) in [7, 11) is 1.65. The number of benzene rings is 2. The van der Waals surface area contributed by atoms with Crippen LogP contribution in [0.4, 0.5) is 0 Å². The topological polar surface area (TPSA) is 61.4 Å². The molecular formula is C20H19ClN4O2S. The number of halogens is 1. The number of ether oxygens (including phenoxy) is 1. The number of hydrogen-bond donors (Lipinski definition) is 0. The second-order valence-corrected chi connectivity index (χ2v) is 7.73. The Morgan fingerprint density at radius 2 is 1.89 bits per heavy atom. The lowest BCUT2D eigenvalue weighted by Gasteiger charge is -2.11. The van der Waals surface area contributed by atoms with E-state index in [1.165, 1.54) is 0 Å². The average molecular weight is 415 g/mol. The molecule has 8 heteroatoms. The molecule has 0 atom stereocenters. The first kappa shape index (κ1) is 19.0. The number of nitrogens with zero attached hydrogens (tertiary/aromatic N) is 4. The fourth-order valence-corrected chi connectivity index (χ4v) is 4.15. The minimum Gasteiger partial charge on any atom is -0.385 e. The first-order chi connectivity index (χ1) is 13.7. The maximum atomic E-state index is 13.0. The number of fused-ring (bicyclic) bond motifs is 3. The van der Waals surface area contributed by atoms with Gasteiger partial charge in [0.1, 0.15) is 0 Å².